The molecule has 0 atom stereocenters. The molecule has 0 radical (unpaired) electrons. The number of aromatic nitrogens is 2. The van der Waals surface area contributed by atoms with Crippen LogP contribution in [0, 0.1) is 0 Å². The molecule has 1 aliphatic carbocycles. The van der Waals surface area contributed by atoms with Gasteiger partial charge in [-0.1, -0.05) is 18.2 Å². The van der Waals surface area contributed by atoms with Gasteiger partial charge in [0, 0.05) is 12.4 Å². The summed E-state index contributed by atoms with van der Waals surface area (Å²) >= 11 is 0. The molecule has 0 bridgehead atoms. The number of nitrogens with zero attached hydrogens (tertiary/aromatic N) is 2. The van der Waals surface area contributed by atoms with Crippen molar-refractivity contribution in [2.45, 2.75) is 25.2 Å². The predicted molar refractivity (Wildman–Crippen MR) is 123 cm³/mol. The van der Waals surface area contributed by atoms with E-state index in [4.69, 9.17) is 8.83 Å². The standard InChI is InChI=1S/C26H18N2O6/c29-23-19(25(31)33-16-6-2-10-27-21(16)23)18(15-9-8-13-4-1-5-14(13)12-15)20-24(30)22-17(34-26(20)32)7-3-11-28-22/h2-3,6-12,18,29-30H,1,4-5H2. The van der Waals surface area contributed by atoms with Crippen molar-refractivity contribution in [1.82, 2.24) is 9.97 Å². The highest BCUT2D eigenvalue weighted by molar-refractivity contribution is 5.82. The van der Waals surface area contributed by atoms with E-state index in [2.05, 4.69) is 9.97 Å². The summed E-state index contributed by atoms with van der Waals surface area (Å²) in [7, 11) is 0. The molecule has 0 aliphatic heterocycles. The smallest absolute Gasteiger partial charge is 0.344 e. The lowest BCUT2D eigenvalue weighted by molar-refractivity contribution is 0.439. The van der Waals surface area contributed by atoms with Crippen molar-refractivity contribution in [2.75, 3.05) is 0 Å². The Morgan fingerprint density at radius 1 is 0.765 bits per heavy atom. The zero-order valence-corrected chi connectivity index (χ0v) is 17.8. The summed E-state index contributed by atoms with van der Waals surface area (Å²) in [4.78, 5) is 34.6. The maximum absolute atomic E-state index is 13.2. The van der Waals surface area contributed by atoms with E-state index in [1.54, 1.807) is 18.2 Å². The molecular formula is C26H18N2O6. The summed E-state index contributed by atoms with van der Waals surface area (Å²) in [6.45, 7) is 0. The number of hydrogen-bond donors (Lipinski definition) is 2. The molecule has 0 saturated carbocycles. The van der Waals surface area contributed by atoms with E-state index in [1.807, 2.05) is 12.1 Å². The second-order valence-corrected chi connectivity index (χ2v) is 8.32. The van der Waals surface area contributed by atoms with Crippen LogP contribution in [0.2, 0.25) is 0 Å². The van der Waals surface area contributed by atoms with Crippen molar-refractivity contribution in [3.63, 3.8) is 0 Å². The molecule has 0 amide bonds. The van der Waals surface area contributed by atoms with Crippen LogP contribution in [-0.2, 0) is 12.8 Å². The lowest BCUT2D eigenvalue weighted by atomic mass is 9.84. The minimum absolute atomic E-state index is 0.0750. The molecule has 6 rings (SSSR count). The Morgan fingerprint density at radius 2 is 1.32 bits per heavy atom. The highest BCUT2D eigenvalue weighted by Crippen LogP contribution is 2.42. The van der Waals surface area contributed by atoms with Crippen LogP contribution in [0.1, 0.15) is 40.2 Å². The Bertz CT molecular complexity index is 1620. The second kappa shape index (κ2) is 7.55. The third-order valence-electron chi connectivity index (χ3n) is 6.38. The minimum atomic E-state index is -1.17. The van der Waals surface area contributed by atoms with E-state index in [0.29, 0.717) is 5.56 Å². The fraction of sp³-hybridized carbons (Fsp3) is 0.154. The first-order valence-corrected chi connectivity index (χ1v) is 10.9. The van der Waals surface area contributed by atoms with E-state index in [-0.39, 0.29) is 33.3 Å². The molecule has 8 nitrogen and oxygen atoms in total. The van der Waals surface area contributed by atoms with Gasteiger partial charge in [0.15, 0.2) is 22.7 Å². The highest BCUT2D eigenvalue weighted by Gasteiger charge is 2.33. The van der Waals surface area contributed by atoms with Gasteiger partial charge < -0.3 is 19.0 Å². The highest BCUT2D eigenvalue weighted by atomic mass is 16.4. The molecular weight excluding hydrogens is 436 g/mol. The van der Waals surface area contributed by atoms with Crippen LogP contribution in [0.4, 0.5) is 0 Å². The molecule has 34 heavy (non-hydrogen) atoms. The Kier molecular flexibility index (Phi) is 4.48. The molecule has 8 heteroatoms. The number of rotatable bonds is 3. The zero-order valence-electron chi connectivity index (χ0n) is 17.8. The van der Waals surface area contributed by atoms with Gasteiger partial charge >= 0.3 is 11.3 Å². The van der Waals surface area contributed by atoms with Crippen molar-refractivity contribution >= 4 is 22.2 Å². The quantitative estimate of drug-likeness (QED) is 0.422. The largest absolute Gasteiger partial charge is 0.505 e. The van der Waals surface area contributed by atoms with E-state index in [1.165, 1.54) is 30.1 Å². The number of pyridine rings is 2. The Labute approximate surface area is 191 Å². The summed E-state index contributed by atoms with van der Waals surface area (Å²) in [6, 6.07) is 11.8. The van der Waals surface area contributed by atoms with Gasteiger partial charge in [0.05, 0.1) is 17.0 Å². The third kappa shape index (κ3) is 2.99. The van der Waals surface area contributed by atoms with Crippen molar-refractivity contribution < 1.29 is 19.0 Å². The van der Waals surface area contributed by atoms with Crippen LogP contribution < -0.4 is 11.3 Å². The first kappa shape index (κ1) is 20.2. The fourth-order valence-corrected chi connectivity index (χ4v) is 4.82. The Balaban J connectivity index is 1.72. The lowest BCUT2D eigenvalue weighted by Gasteiger charge is -2.20. The summed E-state index contributed by atoms with van der Waals surface area (Å²) in [5, 5.41) is 22.3. The van der Waals surface area contributed by atoms with Crippen molar-refractivity contribution in [2.24, 2.45) is 0 Å². The Hall–Kier alpha value is -4.46. The van der Waals surface area contributed by atoms with Crippen LogP contribution in [0.5, 0.6) is 11.5 Å². The number of aryl methyl sites for hydroxylation is 2. The monoisotopic (exact) mass is 454 g/mol. The second-order valence-electron chi connectivity index (χ2n) is 8.32. The summed E-state index contributed by atoms with van der Waals surface area (Å²) in [5.74, 6) is -2.01. The summed E-state index contributed by atoms with van der Waals surface area (Å²) in [5.41, 5.74) is 1.09. The van der Waals surface area contributed by atoms with Gasteiger partial charge in [-0.2, -0.15) is 0 Å². The molecule has 5 aromatic rings. The average Bonchev–Trinajstić information content (AvgIpc) is 3.31. The van der Waals surface area contributed by atoms with Crippen molar-refractivity contribution in [1.29, 1.82) is 0 Å². The summed E-state index contributed by atoms with van der Waals surface area (Å²) < 4.78 is 10.9. The molecule has 168 valence electrons. The molecule has 0 saturated heterocycles. The molecule has 0 fully saturated rings. The van der Waals surface area contributed by atoms with E-state index in [9.17, 15) is 19.8 Å². The van der Waals surface area contributed by atoms with Gasteiger partial charge in [0.2, 0.25) is 0 Å². The number of benzene rings is 1. The SMILES string of the molecule is O=c1oc2cccnc2c(O)c1C(c1ccc2c(c1)CCC2)c1c(O)c2ncccc2oc1=O. The van der Waals surface area contributed by atoms with E-state index >= 15 is 0 Å². The van der Waals surface area contributed by atoms with Crippen LogP contribution in [-0.4, -0.2) is 20.2 Å². The Morgan fingerprint density at radius 3 is 1.91 bits per heavy atom. The van der Waals surface area contributed by atoms with E-state index < -0.39 is 28.7 Å². The topological polar surface area (TPSA) is 127 Å². The molecule has 2 N–H and O–H groups in total. The van der Waals surface area contributed by atoms with Crippen LogP contribution in [0.25, 0.3) is 22.2 Å². The van der Waals surface area contributed by atoms with Gasteiger partial charge in [0.25, 0.3) is 0 Å². The maximum Gasteiger partial charge on any atom is 0.344 e. The number of hydrogen-bond acceptors (Lipinski definition) is 8. The molecule has 1 aromatic carbocycles. The zero-order chi connectivity index (χ0) is 23.4. The number of fused-ring (bicyclic) bond motifs is 3. The fourth-order valence-electron chi connectivity index (χ4n) is 4.82. The van der Waals surface area contributed by atoms with Gasteiger partial charge in [-0.15, -0.1) is 0 Å². The number of aromatic hydroxyl groups is 2. The van der Waals surface area contributed by atoms with Gasteiger partial charge in [0.1, 0.15) is 11.0 Å². The summed E-state index contributed by atoms with van der Waals surface area (Å²) in [6.07, 6.45) is 5.73. The average molecular weight is 454 g/mol. The molecule has 4 aromatic heterocycles. The first-order chi connectivity index (χ1) is 16.5. The van der Waals surface area contributed by atoms with Crippen LogP contribution in [0.15, 0.2) is 73.3 Å². The molecule has 4 heterocycles. The predicted octanol–water partition coefficient (Wildman–Crippen LogP) is 3.77. The molecule has 0 unspecified atom stereocenters. The van der Waals surface area contributed by atoms with Crippen LogP contribution >= 0.6 is 0 Å². The normalized spacial score (nSPS) is 13.1. The van der Waals surface area contributed by atoms with E-state index in [0.717, 1.165) is 24.8 Å². The van der Waals surface area contributed by atoms with Crippen molar-refractivity contribution in [3.05, 3.63) is 104 Å². The maximum atomic E-state index is 13.2. The van der Waals surface area contributed by atoms with Gasteiger partial charge in [-0.3, -0.25) is 0 Å². The lowest BCUT2D eigenvalue weighted by Crippen LogP contribution is -2.21. The molecule has 0 spiro atoms. The first-order valence-electron chi connectivity index (χ1n) is 10.9. The molecule has 1 aliphatic rings. The minimum Gasteiger partial charge on any atom is -0.505 e. The van der Waals surface area contributed by atoms with Crippen LogP contribution in [0.3, 0.4) is 0 Å². The van der Waals surface area contributed by atoms with Gasteiger partial charge in [-0.05, 0) is 60.2 Å². The third-order valence-corrected chi connectivity index (χ3v) is 6.38. The van der Waals surface area contributed by atoms with Gasteiger partial charge in [-0.25, -0.2) is 19.6 Å². The van der Waals surface area contributed by atoms with Crippen molar-refractivity contribution in [3.8, 4) is 11.5 Å².